The van der Waals surface area contributed by atoms with Gasteiger partial charge in [0.1, 0.15) is 12.5 Å². The van der Waals surface area contributed by atoms with Crippen LogP contribution in [-0.4, -0.2) is 12.6 Å². The van der Waals surface area contributed by atoms with E-state index in [4.69, 9.17) is 4.74 Å². The van der Waals surface area contributed by atoms with Crippen LogP contribution in [0.1, 0.15) is 30.5 Å². The number of halogens is 1. The molecule has 0 aliphatic rings. The number of esters is 1. The highest BCUT2D eigenvalue weighted by Gasteiger charge is 2.17. The predicted octanol–water partition coefficient (Wildman–Crippen LogP) is 1.99. The lowest BCUT2D eigenvalue weighted by molar-refractivity contribution is -0.426. The van der Waals surface area contributed by atoms with Gasteiger partial charge in [-0.3, -0.25) is 4.79 Å². The molecule has 1 rings (SSSR count). The van der Waals surface area contributed by atoms with Gasteiger partial charge in [0, 0.05) is 10.0 Å². The molecule has 0 spiro atoms. The van der Waals surface area contributed by atoms with Gasteiger partial charge in [-0.05, 0) is 31.5 Å². The second-order valence-corrected chi connectivity index (χ2v) is 4.62. The molecule has 1 aromatic carbocycles. The van der Waals surface area contributed by atoms with Gasteiger partial charge in [-0.1, -0.05) is 22.0 Å². The summed E-state index contributed by atoms with van der Waals surface area (Å²) in [5, 5.41) is 0. The van der Waals surface area contributed by atoms with Crippen LogP contribution in [0.5, 0.6) is 0 Å². The van der Waals surface area contributed by atoms with Gasteiger partial charge in [-0.25, -0.2) is 0 Å². The predicted molar refractivity (Wildman–Crippen MR) is 65.8 cm³/mol. The van der Waals surface area contributed by atoms with Crippen LogP contribution in [0.4, 0.5) is 0 Å². The zero-order valence-electron chi connectivity index (χ0n) is 9.63. The van der Waals surface area contributed by atoms with Crippen molar-refractivity contribution < 1.29 is 15.3 Å². The summed E-state index contributed by atoms with van der Waals surface area (Å²) in [6.07, 6.45) is 0.330. The Balaban J connectivity index is 2.72. The fourth-order valence-electron chi connectivity index (χ4n) is 1.63. The van der Waals surface area contributed by atoms with E-state index in [-0.39, 0.29) is 12.0 Å². The van der Waals surface area contributed by atoms with Crippen LogP contribution in [-0.2, 0) is 9.53 Å². The van der Waals surface area contributed by atoms with E-state index >= 15 is 0 Å². The molecule has 3 nitrogen and oxygen atoms in total. The number of ether oxygens (including phenoxy) is 1. The van der Waals surface area contributed by atoms with Gasteiger partial charge < -0.3 is 10.5 Å². The van der Waals surface area contributed by atoms with Gasteiger partial charge in [-0.2, -0.15) is 0 Å². The first kappa shape index (κ1) is 13.2. The first-order valence-electron chi connectivity index (χ1n) is 5.29. The molecular weight excluding hydrogens is 270 g/mol. The molecule has 88 valence electrons. The third kappa shape index (κ3) is 3.61. The molecule has 0 unspecified atom stereocenters. The average molecular weight is 287 g/mol. The molecule has 0 radical (unpaired) electrons. The van der Waals surface area contributed by atoms with Crippen molar-refractivity contribution in [1.82, 2.24) is 0 Å². The molecule has 0 aromatic heterocycles. The Labute approximate surface area is 104 Å². The first-order valence-corrected chi connectivity index (χ1v) is 6.08. The minimum Gasteiger partial charge on any atom is -0.466 e. The topological polar surface area (TPSA) is 53.9 Å². The van der Waals surface area contributed by atoms with E-state index in [2.05, 4.69) is 21.7 Å². The number of rotatable bonds is 4. The first-order chi connectivity index (χ1) is 7.54. The molecule has 4 heteroatoms. The molecule has 3 N–H and O–H groups in total. The third-order valence-corrected chi connectivity index (χ3v) is 2.88. The minimum atomic E-state index is -0.190. The molecule has 0 bridgehead atoms. The lowest BCUT2D eigenvalue weighted by atomic mass is 10.00. The summed E-state index contributed by atoms with van der Waals surface area (Å²) >= 11 is 3.41. The Morgan fingerprint density at radius 1 is 1.56 bits per heavy atom. The van der Waals surface area contributed by atoms with E-state index in [0.717, 1.165) is 15.6 Å². The van der Waals surface area contributed by atoms with Crippen molar-refractivity contribution in [2.45, 2.75) is 26.3 Å². The monoisotopic (exact) mass is 286 g/mol. The molecule has 16 heavy (non-hydrogen) atoms. The van der Waals surface area contributed by atoms with Crippen molar-refractivity contribution in [3.63, 3.8) is 0 Å². The van der Waals surface area contributed by atoms with Gasteiger partial charge in [0.15, 0.2) is 0 Å². The maximum Gasteiger partial charge on any atom is 0.312 e. The van der Waals surface area contributed by atoms with Crippen molar-refractivity contribution in [2.24, 2.45) is 0 Å². The fraction of sp³-hybridized carbons (Fsp3) is 0.417. The van der Waals surface area contributed by atoms with Gasteiger partial charge in [0.05, 0.1) is 6.61 Å². The number of carbonyl (C=O) groups is 1. The van der Waals surface area contributed by atoms with Gasteiger partial charge in [-0.15, -0.1) is 0 Å². The van der Waals surface area contributed by atoms with Crippen molar-refractivity contribution in [3.05, 3.63) is 33.8 Å². The molecule has 1 atom stereocenters. The highest BCUT2D eigenvalue weighted by Crippen LogP contribution is 2.21. The van der Waals surface area contributed by atoms with E-state index < -0.39 is 0 Å². The molecule has 0 heterocycles. The van der Waals surface area contributed by atoms with E-state index in [1.807, 2.05) is 25.1 Å². The summed E-state index contributed by atoms with van der Waals surface area (Å²) in [5.41, 5.74) is 6.24. The van der Waals surface area contributed by atoms with Crippen LogP contribution in [0.2, 0.25) is 0 Å². The van der Waals surface area contributed by atoms with Gasteiger partial charge in [0.2, 0.25) is 0 Å². The molecule has 0 aliphatic carbocycles. The van der Waals surface area contributed by atoms with Gasteiger partial charge in [0.25, 0.3) is 0 Å². The molecule has 0 amide bonds. The fourth-order valence-corrected chi connectivity index (χ4v) is 2.10. The number of aryl methyl sites for hydroxylation is 1. The Kier molecular flexibility index (Phi) is 4.96. The van der Waals surface area contributed by atoms with E-state index in [9.17, 15) is 4.79 Å². The zero-order chi connectivity index (χ0) is 12.1. The SMILES string of the molecule is CCOC(=O)C[C@H]([NH3+])c1ccc(Br)cc1C. The summed E-state index contributed by atoms with van der Waals surface area (Å²) < 4.78 is 5.95. The van der Waals surface area contributed by atoms with Crippen molar-refractivity contribution in [2.75, 3.05) is 6.61 Å². The van der Waals surface area contributed by atoms with E-state index in [1.165, 1.54) is 0 Å². The van der Waals surface area contributed by atoms with Crippen LogP contribution < -0.4 is 5.73 Å². The molecule has 1 aromatic rings. The number of benzene rings is 1. The van der Waals surface area contributed by atoms with E-state index in [0.29, 0.717) is 13.0 Å². The number of hydrogen-bond donors (Lipinski definition) is 1. The van der Waals surface area contributed by atoms with Crippen molar-refractivity contribution in [1.29, 1.82) is 0 Å². The maximum atomic E-state index is 11.3. The minimum absolute atomic E-state index is 0.0489. The summed E-state index contributed by atoms with van der Waals surface area (Å²) in [5.74, 6) is -0.190. The Morgan fingerprint density at radius 3 is 2.81 bits per heavy atom. The third-order valence-electron chi connectivity index (χ3n) is 2.39. The second-order valence-electron chi connectivity index (χ2n) is 3.71. The molecule has 0 aliphatic heterocycles. The Hall–Kier alpha value is -0.870. The second kappa shape index (κ2) is 6.01. The summed E-state index contributed by atoms with van der Waals surface area (Å²) in [4.78, 5) is 11.3. The van der Waals surface area contributed by atoms with E-state index in [1.54, 1.807) is 6.92 Å². The largest absolute Gasteiger partial charge is 0.466 e. The highest BCUT2D eigenvalue weighted by molar-refractivity contribution is 9.10. The number of carbonyl (C=O) groups excluding carboxylic acids is 1. The molecular formula is C12H17BrNO2+. The Morgan fingerprint density at radius 2 is 2.25 bits per heavy atom. The average Bonchev–Trinajstić information content (AvgIpc) is 2.17. The van der Waals surface area contributed by atoms with Crippen LogP contribution in [0, 0.1) is 6.92 Å². The lowest BCUT2D eigenvalue weighted by Gasteiger charge is -2.11. The summed E-state index contributed by atoms with van der Waals surface area (Å²) in [6, 6.07) is 5.94. The lowest BCUT2D eigenvalue weighted by Crippen LogP contribution is -2.54. The molecule has 0 fully saturated rings. The van der Waals surface area contributed by atoms with Crippen molar-refractivity contribution >= 4 is 21.9 Å². The zero-order valence-corrected chi connectivity index (χ0v) is 11.2. The smallest absolute Gasteiger partial charge is 0.312 e. The van der Waals surface area contributed by atoms with Gasteiger partial charge >= 0.3 is 5.97 Å². The number of quaternary nitrogens is 1. The Bertz CT molecular complexity index is 379. The summed E-state index contributed by atoms with van der Waals surface area (Å²) in [7, 11) is 0. The maximum absolute atomic E-state index is 11.3. The normalized spacial score (nSPS) is 12.2. The van der Waals surface area contributed by atoms with Crippen LogP contribution in [0.25, 0.3) is 0 Å². The summed E-state index contributed by atoms with van der Waals surface area (Å²) in [6.45, 7) is 4.25. The number of hydrogen-bond acceptors (Lipinski definition) is 2. The van der Waals surface area contributed by atoms with Crippen LogP contribution in [0.3, 0.4) is 0 Å². The quantitative estimate of drug-likeness (QED) is 0.861. The standard InChI is InChI=1S/C12H16BrNO2/c1-3-16-12(15)7-11(14)10-5-4-9(13)6-8(10)2/h4-6,11H,3,7,14H2,1-2H3/p+1/t11-/m0/s1. The molecule has 0 saturated carbocycles. The van der Waals surface area contributed by atoms with Crippen LogP contribution in [0.15, 0.2) is 22.7 Å². The highest BCUT2D eigenvalue weighted by atomic mass is 79.9. The molecule has 0 saturated heterocycles. The van der Waals surface area contributed by atoms with Crippen LogP contribution >= 0.6 is 15.9 Å². The van der Waals surface area contributed by atoms with Crippen molar-refractivity contribution in [3.8, 4) is 0 Å².